The van der Waals surface area contributed by atoms with Crippen molar-refractivity contribution >= 4 is 23.6 Å². The molecule has 2 fully saturated rings. The first-order valence-electron chi connectivity index (χ1n) is 9.83. The van der Waals surface area contributed by atoms with Gasteiger partial charge in [-0.15, -0.1) is 0 Å². The van der Waals surface area contributed by atoms with Gasteiger partial charge in [-0.2, -0.15) is 0 Å². The van der Waals surface area contributed by atoms with Crippen molar-refractivity contribution < 1.29 is 19.2 Å². The zero-order chi connectivity index (χ0) is 19.7. The number of fused-ring (bicyclic) bond motifs is 1. The predicted octanol–water partition coefficient (Wildman–Crippen LogP) is 0.320. The van der Waals surface area contributed by atoms with Crippen molar-refractivity contribution in [1.82, 2.24) is 20.9 Å². The van der Waals surface area contributed by atoms with Crippen molar-refractivity contribution in [2.75, 3.05) is 13.1 Å². The van der Waals surface area contributed by atoms with E-state index in [0.29, 0.717) is 23.7 Å². The standard InChI is InChI=1S/C20H24N4O4/c25-17-6-5-16(18(26)23-17)24-19(27)14-4-3-12(10-15(14)20(24)28)11-22-13-2-1-8-21-9-7-13/h3-4,10,13,16,21-22H,1-2,5-9,11H2,(H,23,25,26). The Morgan fingerprint density at radius 2 is 1.82 bits per heavy atom. The summed E-state index contributed by atoms with van der Waals surface area (Å²) in [7, 11) is 0. The van der Waals surface area contributed by atoms with Crippen LogP contribution < -0.4 is 16.0 Å². The third kappa shape index (κ3) is 3.57. The van der Waals surface area contributed by atoms with Crippen LogP contribution in [0.25, 0.3) is 0 Å². The molecule has 3 aliphatic heterocycles. The van der Waals surface area contributed by atoms with Gasteiger partial charge >= 0.3 is 0 Å². The molecule has 3 heterocycles. The van der Waals surface area contributed by atoms with E-state index in [1.54, 1.807) is 12.1 Å². The molecule has 2 saturated heterocycles. The molecular weight excluding hydrogens is 360 g/mol. The Morgan fingerprint density at radius 1 is 1.00 bits per heavy atom. The highest BCUT2D eigenvalue weighted by Gasteiger charge is 2.44. The van der Waals surface area contributed by atoms with Crippen LogP contribution >= 0.6 is 0 Å². The van der Waals surface area contributed by atoms with E-state index in [1.165, 1.54) is 0 Å². The van der Waals surface area contributed by atoms with Crippen molar-refractivity contribution in [3.63, 3.8) is 0 Å². The number of amides is 4. The van der Waals surface area contributed by atoms with Gasteiger partial charge in [0.1, 0.15) is 6.04 Å². The number of nitrogens with one attached hydrogen (secondary N) is 3. The second-order valence-electron chi connectivity index (χ2n) is 7.59. The molecule has 8 nitrogen and oxygen atoms in total. The van der Waals surface area contributed by atoms with Crippen LogP contribution in [0, 0.1) is 0 Å². The van der Waals surface area contributed by atoms with Gasteiger partial charge in [-0.3, -0.25) is 29.4 Å². The molecular formula is C20H24N4O4. The van der Waals surface area contributed by atoms with Gasteiger partial charge in [0.05, 0.1) is 11.1 Å². The molecule has 148 valence electrons. The van der Waals surface area contributed by atoms with Crippen LogP contribution in [0.3, 0.4) is 0 Å². The molecule has 28 heavy (non-hydrogen) atoms. The van der Waals surface area contributed by atoms with Gasteiger partial charge in [0.15, 0.2) is 0 Å². The van der Waals surface area contributed by atoms with Gasteiger partial charge in [-0.05, 0) is 56.5 Å². The quantitative estimate of drug-likeness (QED) is 0.646. The van der Waals surface area contributed by atoms with Crippen molar-refractivity contribution in [2.24, 2.45) is 0 Å². The lowest BCUT2D eigenvalue weighted by Crippen LogP contribution is -2.54. The summed E-state index contributed by atoms with van der Waals surface area (Å²) in [5, 5.41) is 9.12. The second-order valence-corrected chi connectivity index (χ2v) is 7.59. The summed E-state index contributed by atoms with van der Waals surface area (Å²) in [6.07, 6.45) is 3.59. The van der Waals surface area contributed by atoms with Gasteiger partial charge in [-0.25, -0.2) is 0 Å². The molecule has 4 rings (SSSR count). The van der Waals surface area contributed by atoms with Gasteiger partial charge in [-0.1, -0.05) is 6.07 Å². The van der Waals surface area contributed by atoms with E-state index in [2.05, 4.69) is 16.0 Å². The molecule has 0 saturated carbocycles. The summed E-state index contributed by atoms with van der Waals surface area (Å²) in [6, 6.07) is 4.75. The summed E-state index contributed by atoms with van der Waals surface area (Å²) < 4.78 is 0. The smallest absolute Gasteiger partial charge is 0.262 e. The van der Waals surface area contributed by atoms with E-state index in [0.717, 1.165) is 42.8 Å². The van der Waals surface area contributed by atoms with E-state index >= 15 is 0 Å². The molecule has 2 atom stereocenters. The van der Waals surface area contributed by atoms with Crippen molar-refractivity contribution in [3.05, 3.63) is 34.9 Å². The Morgan fingerprint density at radius 3 is 2.64 bits per heavy atom. The molecule has 0 spiro atoms. The Balaban J connectivity index is 1.47. The molecule has 8 heteroatoms. The first kappa shape index (κ1) is 18.8. The lowest BCUT2D eigenvalue weighted by Gasteiger charge is -2.27. The minimum absolute atomic E-state index is 0.120. The highest BCUT2D eigenvalue weighted by atomic mass is 16.2. The number of carbonyl (C=O) groups is 4. The Labute approximate surface area is 163 Å². The topological polar surface area (TPSA) is 108 Å². The van der Waals surface area contributed by atoms with Crippen LogP contribution in [-0.2, 0) is 16.1 Å². The van der Waals surface area contributed by atoms with Crippen molar-refractivity contribution in [2.45, 2.75) is 50.7 Å². The summed E-state index contributed by atoms with van der Waals surface area (Å²) in [6.45, 7) is 2.66. The molecule has 0 radical (unpaired) electrons. The van der Waals surface area contributed by atoms with E-state index < -0.39 is 23.8 Å². The molecule has 1 aromatic carbocycles. The third-order valence-electron chi connectivity index (χ3n) is 5.67. The molecule has 3 N–H and O–H groups in total. The minimum Gasteiger partial charge on any atom is -0.317 e. The lowest BCUT2D eigenvalue weighted by molar-refractivity contribution is -0.136. The fourth-order valence-corrected chi connectivity index (χ4v) is 4.11. The lowest BCUT2D eigenvalue weighted by atomic mass is 10.0. The molecule has 3 aliphatic rings. The first-order valence-corrected chi connectivity index (χ1v) is 9.83. The number of nitrogens with zero attached hydrogens (tertiary/aromatic N) is 1. The van der Waals surface area contributed by atoms with Crippen molar-refractivity contribution in [3.8, 4) is 0 Å². The molecule has 1 aromatic rings. The zero-order valence-corrected chi connectivity index (χ0v) is 15.6. The Bertz CT molecular complexity index is 829. The van der Waals surface area contributed by atoms with Crippen LogP contribution in [0.4, 0.5) is 0 Å². The van der Waals surface area contributed by atoms with E-state index in [1.807, 2.05) is 6.07 Å². The summed E-state index contributed by atoms with van der Waals surface area (Å²) >= 11 is 0. The van der Waals surface area contributed by atoms with E-state index in [9.17, 15) is 19.2 Å². The largest absolute Gasteiger partial charge is 0.317 e. The predicted molar refractivity (Wildman–Crippen MR) is 100 cm³/mol. The minimum atomic E-state index is -0.926. The fourth-order valence-electron chi connectivity index (χ4n) is 4.11. The summed E-state index contributed by atoms with van der Waals surface area (Å²) in [4.78, 5) is 50.0. The maximum Gasteiger partial charge on any atom is 0.262 e. The number of benzene rings is 1. The zero-order valence-electron chi connectivity index (χ0n) is 15.6. The van der Waals surface area contributed by atoms with E-state index in [-0.39, 0.29) is 18.7 Å². The van der Waals surface area contributed by atoms with Crippen LogP contribution in [0.2, 0.25) is 0 Å². The summed E-state index contributed by atoms with van der Waals surface area (Å²) in [5.74, 6) is -1.89. The SMILES string of the molecule is O=C1CCC(N2C(=O)c3ccc(CNC4CCCNCC4)cc3C2=O)C(=O)N1. The highest BCUT2D eigenvalue weighted by molar-refractivity contribution is 6.23. The third-order valence-corrected chi connectivity index (χ3v) is 5.67. The number of hydrogen-bond donors (Lipinski definition) is 3. The molecule has 4 amide bonds. The monoisotopic (exact) mass is 384 g/mol. The van der Waals surface area contributed by atoms with Crippen LogP contribution in [0.1, 0.15) is 58.4 Å². The number of piperidine rings is 1. The van der Waals surface area contributed by atoms with Gasteiger partial charge in [0.25, 0.3) is 11.8 Å². The van der Waals surface area contributed by atoms with Gasteiger partial charge in [0, 0.05) is 19.0 Å². The number of imide groups is 2. The van der Waals surface area contributed by atoms with Crippen molar-refractivity contribution in [1.29, 1.82) is 0 Å². The molecule has 0 bridgehead atoms. The second kappa shape index (κ2) is 7.81. The average Bonchev–Trinajstić information content (AvgIpc) is 2.86. The Kier molecular flexibility index (Phi) is 5.23. The molecule has 0 aromatic heterocycles. The number of hydrogen-bond acceptors (Lipinski definition) is 6. The van der Waals surface area contributed by atoms with Crippen LogP contribution in [0.5, 0.6) is 0 Å². The average molecular weight is 384 g/mol. The van der Waals surface area contributed by atoms with Crippen LogP contribution in [-0.4, -0.2) is 53.7 Å². The maximum absolute atomic E-state index is 12.8. The van der Waals surface area contributed by atoms with E-state index in [4.69, 9.17) is 0 Å². The fraction of sp³-hybridized carbons (Fsp3) is 0.500. The normalized spacial score (nSPS) is 25.5. The maximum atomic E-state index is 12.8. The molecule has 0 aliphatic carbocycles. The highest BCUT2D eigenvalue weighted by Crippen LogP contribution is 2.28. The van der Waals surface area contributed by atoms with Crippen LogP contribution in [0.15, 0.2) is 18.2 Å². The van der Waals surface area contributed by atoms with Gasteiger partial charge < -0.3 is 10.6 Å². The summed E-state index contributed by atoms with van der Waals surface area (Å²) in [5.41, 5.74) is 1.58. The number of rotatable bonds is 4. The first-order chi connectivity index (χ1) is 13.5. The number of carbonyl (C=O) groups excluding carboxylic acids is 4. The van der Waals surface area contributed by atoms with Gasteiger partial charge in [0.2, 0.25) is 11.8 Å². The Hall–Kier alpha value is -2.58. The molecule has 2 unspecified atom stereocenters.